The van der Waals surface area contributed by atoms with Gasteiger partial charge < -0.3 is 5.32 Å². The summed E-state index contributed by atoms with van der Waals surface area (Å²) >= 11 is 3.56. The monoisotopic (exact) mass is 297 g/mol. The molecule has 2 heteroatoms. The number of nitrogens with one attached hydrogen (secondary N) is 1. The number of unbranched alkanes of at least 4 members (excludes halogenated alkanes) is 1. The van der Waals surface area contributed by atoms with Crippen LogP contribution >= 0.6 is 15.9 Å². The first kappa shape index (κ1) is 14.7. The van der Waals surface area contributed by atoms with Crippen molar-refractivity contribution in [3.63, 3.8) is 0 Å². The summed E-state index contributed by atoms with van der Waals surface area (Å²) < 4.78 is 0. The van der Waals surface area contributed by atoms with E-state index in [1.54, 1.807) is 0 Å². The molecule has 1 nitrogen and oxygen atoms in total. The van der Waals surface area contributed by atoms with Crippen LogP contribution in [0.25, 0.3) is 0 Å². The van der Waals surface area contributed by atoms with Crippen LogP contribution in [0.3, 0.4) is 0 Å². The lowest BCUT2D eigenvalue weighted by Gasteiger charge is -2.19. The highest BCUT2D eigenvalue weighted by atomic mass is 79.9. The van der Waals surface area contributed by atoms with Crippen molar-refractivity contribution in [3.05, 3.63) is 35.9 Å². The molecule has 0 fully saturated rings. The standard InChI is InChI=1S/C15H24BrN/c1-13(2)15(12-16)17-11-7-6-10-14-8-4-3-5-9-14/h3-5,8-9,13,15,17H,6-7,10-12H2,1-2H3. The van der Waals surface area contributed by atoms with Gasteiger partial charge in [-0.2, -0.15) is 0 Å². The fraction of sp³-hybridized carbons (Fsp3) is 0.600. The Bertz CT molecular complexity index is 284. The Morgan fingerprint density at radius 2 is 1.82 bits per heavy atom. The number of halogens is 1. The van der Waals surface area contributed by atoms with E-state index in [0.29, 0.717) is 12.0 Å². The Balaban J connectivity index is 2.08. The van der Waals surface area contributed by atoms with Gasteiger partial charge in [0, 0.05) is 11.4 Å². The molecule has 96 valence electrons. The summed E-state index contributed by atoms with van der Waals surface area (Å²) in [6.07, 6.45) is 3.72. The lowest BCUT2D eigenvalue weighted by molar-refractivity contribution is 0.429. The van der Waals surface area contributed by atoms with E-state index >= 15 is 0 Å². The van der Waals surface area contributed by atoms with Crippen molar-refractivity contribution in [2.24, 2.45) is 5.92 Å². The fourth-order valence-electron chi connectivity index (χ4n) is 1.85. The van der Waals surface area contributed by atoms with E-state index < -0.39 is 0 Å². The zero-order valence-electron chi connectivity index (χ0n) is 11.0. The third-order valence-electron chi connectivity index (χ3n) is 3.11. The smallest absolute Gasteiger partial charge is 0.0188 e. The van der Waals surface area contributed by atoms with Crippen molar-refractivity contribution in [1.82, 2.24) is 5.32 Å². The highest BCUT2D eigenvalue weighted by molar-refractivity contribution is 9.09. The molecular formula is C15H24BrN. The van der Waals surface area contributed by atoms with Crippen LogP contribution in [-0.4, -0.2) is 17.9 Å². The minimum Gasteiger partial charge on any atom is -0.313 e. The summed E-state index contributed by atoms with van der Waals surface area (Å²) in [5, 5.41) is 4.65. The summed E-state index contributed by atoms with van der Waals surface area (Å²) in [4.78, 5) is 0. The molecule has 1 atom stereocenters. The molecule has 0 spiro atoms. The minimum absolute atomic E-state index is 0.603. The lowest BCUT2D eigenvalue weighted by Crippen LogP contribution is -2.35. The number of alkyl halides is 1. The Morgan fingerprint density at radius 3 is 2.41 bits per heavy atom. The predicted molar refractivity (Wildman–Crippen MR) is 79.8 cm³/mol. The van der Waals surface area contributed by atoms with Crippen LogP contribution in [0.4, 0.5) is 0 Å². The second-order valence-electron chi connectivity index (χ2n) is 4.90. The summed E-state index contributed by atoms with van der Waals surface area (Å²) in [6.45, 7) is 5.66. The van der Waals surface area contributed by atoms with E-state index in [4.69, 9.17) is 0 Å². The first-order valence-corrected chi connectivity index (χ1v) is 7.69. The first-order chi connectivity index (χ1) is 8.24. The molecule has 1 N–H and O–H groups in total. The van der Waals surface area contributed by atoms with Crippen LogP contribution in [0.15, 0.2) is 30.3 Å². The van der Waals surface area contributed by atoms with Gasteiger partial charge in [0.05, 0.1) is 0 Å². The lowest BCUT2D eigenvalue weighted by atomic mass is 10.1. The molecule has 0 amide bonds. The number of aryl methyl sites for hydroxylation is 1. The summed E-state index contributed by atoms with van der Waals surface area (Å²) in [7, 11) is 0. The molecule has 0 saturated heterocycles. The average Bonchev–Trinajstić information content (AvgIpc) is 2.34. The van der Waals surface area contributed by atoms with Crippen molar-refractivity contribution in [1.29, 1.82) is 0 Å². The SMILES string of the molecule is CC(C)C(CBr)NCCCCc1ccccc1. The van der Waals surface area contributed by atoms with Crippen molar-refractivity contribution in [2.45, 2.75) is 39.2 Å². The number of hydrogen-bond donors (Lipinski definition) is 1. The molecule has 0 aliphatic carbocycles. The van der Waals surface area contributed by atoms with Gasteiger partial charge in [-0.15, -0.1) is 0 Å². The maximum Gasteiger partial charge on any atom is 0.0188 e. The average molecular weight is 298 g/mol. The second-order valence-corrected chi connectivity index (χ2v) is 5.55. The Hall–Kier alpha value is -0.340. The van der Waals surface area contributed by atoms with E-state index in [2.05, 4.69) is 65.4 Å². The normalized spacial score (nSPS) is 12.9. The quantitative estimate of drug-likeness (QED) is 0.564. The van der Waals surface area contributed by atoms with Gasteiger partial charge in [-0.1, -0.05) is 60.1 Å². The van der Waals surface area contributed by atoms with E-state index in [-0.39, 0.29) is 0 Å². The largest absolute Gasteiger partial charge is 0.313 e. The third-order valence-corrected chi connectivity index (χ3v) is 3.81. The molecule has 0 aromatic heterocycles. The van der Waals surface area contributed by atoms with Crippen molar-refractivity contribution < 1.29 is 0 Å². The highest BCUT2D eigenvalue weighted by Crippen LogP contribution is 2.06. The van der Waals surface area contributed by atoms with E-state index in [0.717, 1.165) is 11.9 Å². The van der Waals surface area contributed by atoms with Crippen LogP contribution in [0, 0.1) is 5.92 Å². The maximum atomic E-state index is 3.61. The summed E-state index contributed by atoms with van der Waals surface area (Å²) in [6, 6.07) is 11.3. The van der Waals surface area contributed by atoms with Gasteiger partial charge in [0.1, 0.15) is 0 Å². The van der Waals surface area contributed by atoms with Crippen LogP contribution in [0.5, 0.6) is 0 Å². The van der Waals surface area contributed by atoms with Gasteiger partial charge >= 0.3 is 0 Å². The molecule has 1 aromatic rings. The molecule has 0 aliphatic heterocycles. The molecule has 17 heavy (non-hydrogen) atoms. The van der Waals surface area contributed by atoms with Crippen molar-refractivity contribution in [2.75, 3.05) is 11.9 Å². The fourth-order valence-corrected chi connectivity index (χ4v) is 2.83. The maximum absolute atomic E-state index is 3.61. The van der Waals surface area contributed by atoms with Crippen LogP contribution in [-0.2, 0) is 6.42 Å². The molecule has 0 heterocycles. The topological polar surface area (TPSA) is 12.0 Å². The van der Waals surface area contributed by atoms with Crippen LogP contribution < -0.4 is 5.32 Å². The van der Waals surface area contributed by atoms with Gasteiger partial charge in [-0.05, 0) is 37.3 Å². The Kier molecular flexibility index (Phi) is 7.54. The van der Waals surface area contributed by atoms with Crippen LogP contribution in [0.1, 0.15) is 32.3 Å². The predicted octanol–water partition coefficient (Wildman–Crippen LogP) is 4.02. The van der Waals surface area contributed by atoms with E-state index in [9.17, 15) is 0 Å². The van der Waals surface area contributed by atoms with E-state index in [1.807, 2.05) is 0 Å². The molecule has 0 radical (unpaired) electrons. The van der Waals surface area contributed by atoms with Gasteiger partial charge in [-0.25, -0.2) is 0 Å². The molecule has 0 aliphatic rings. The van der Waals surface area contributed by atoms with Gasteiger partial charge in [-0.3, -0.25) is 0 Å². The number of rotatable bonds is 8. The number of benzene rings is 1. The first-order valence-electron chi connectivity index (χ1n) is 6.57. The molecular weight excluding hydrogens is 274 g/mol. The zero-order valence-corrected chi connectivity index (χ0v) is 12.5. The Labute approximate surface area is 114 Å². The molecule has 1 aromatic carbocycles. The third kappa shape index (κ3) is 6.23. The summed E-state index contributed by atoms with van der Waals surface area (Å²) in [5.41, 5.74) is 1.45. The summed E-state index contributed by atoms with van der Waals surface area (Å²) in [5.74, 6) is 0.698. The van der Waals surface area contributed by atoms with Gasteiger partial charge in [0.2, 0.25) is 0 Å². The van der Waals surface area contributed by atoms with Gasteiger partial charge in [0.25, 0.3) is 0 Å². The van der Waals surface area contributed by atoms with Crippen molar-refractivity contribution >= 4 is 15.9 Å². The molecule has 0 bridgehead atoms. The van der Waals surface area contributed by atoms with E-state index in [1.165, 1.54) is 24.8 Å². The van der Waals surface area contributed by atoms with Crippen LogP contribution in [0.2, 0.25) is 0 Å². The Morgan fingerprint density at radius 1 is 1.12 bits per heavy atom. The number of hydrogen-bond acceptors (Lipinski definition) is 1. The molecule has 1 rings (SSSR count). The second kappa shape index (κ2) is 8.71. The molecule has 1 unspecified atom stereocenters. The highest BCUT2D eigenvalue weighted by Gasteiger charge is 2.09. The van der Waals surface area contributed by atoms with Gasteiger partial charge in [0.15, 0.2) is 0 Å². The minimum atomic E-state index is 0.603. The van der Waals surface area contributed by atoms with Crippen molar-refractivity contribution in [3.8, 4) is 0 Å². The zero-order chi connectivity index (χ0) is 12.5. The molecule has 0 saturated carbocycles.